The fraction of sp³-hybridized carbons (Fsp3) is 0.346. The van der Waals surface area contributed by atoms with Crippen LogP contribution in [-0.2, 0) is 30.6 Å². The molecule has 11 heteroatoms. The molecule has 0 radical (unpaired) electrons. The molecule has 0 saturated carbocycles. The number of anilines is 1. The molecule has 2 heterocycles. The van der Waals surface area contributed by atoms with Crippen molar-refractivity contribution in [3.8, 4) is 5.75 Å². The Morgan fingerprint density at radius 1 is 1.08 bits per heavy atom. The summed E-state index contributed by atoms with van der Waals surface area (Å²) in [5.74, 6) is -0.286. The predicted molar refractivity (Wildman–Crippen MR) is 129 cm³/mol. The lowest BCUT2D eigenvalue weighted by atomic mass is 9.97. The maximum Gasteiger partial charge on any atom is 0.416 e. The van der Waals surface area contributed by atoms with Crippen molar-refractivity contribution in [3.63, 3.8) is 0 Å². The van der Waals surface area contributed by atoms with Gasteiger partial charge in [-0.15, -0.1) is 0 Å². The fourth-order valence-electron chi connectivity index (χ4n) is 3.78. The molecule has 8 nitrogen and oxygen atoms in total. The third-order valence-electron chi connectivity index (χ3n) is 5.55. The van der Waals surface area contributed by atoms with Crippen LogP contribution in [0.3, 0.4) is 0 Å². The van der Waals surface area contributed by atoms with Crippen molar-refractivity contribution in [1.29, 1.82) is 0 Å². The summed E-state index contributed by atoms with van der Waals surface area (Å²) in [5.41, 5.74) is 1.42. The third-order valence-corrected chi connectivity index (χ3v) is 5.55. The Balaban J connectivity index is 1.34. The minimum Gasteiger partial charge on any atom is -0.471 e. The van der Waals surface area contributed by atoms with Gasteiger partial charge in [-0.05, 0) is 68.7 Å². The average molecular weight is 517 g/mol. The Kier molecular flexibility index (Phi) is 7.15. The molecule has 0 unspecified atom stereocenters. The zero-order chi connectivity index (χ0) is 26.8. The van der Waals surface area contributed by atoms with Crippen LogP contribution < -0.4 is 10.1 Å². The molecule has 196 valence electrons. The van der Waals surface area contributed by atoms with E-state index in [1.54, 1.807) is 17.0 Å². The van der Waals surface area contributed by atoms with Crippen LogP contribution >= 0.6 is 0 Å². The van der Waals surface area contributed by atoms with E-state index < -0.39 is 17.3 Å². The smallest absolute Gasteiger partial charge is 0.416 e. The Morgan fingerprint density at radius 2 is 1.86 bits per heavy atom. The van der Waals surface area contributed by atoms with Gasteiger partial charge >= 0.3 is 12.3 Å². The van der Waals surface area contributed by atoms with Crippen LogP contribution in [0.25, 0.3) is 0 Å². The van der Waals surface area contributed by atoms with E-state index in [2.05, 4.69) is 10.4 Å². The number of hydrogen-bond acceptors (Lipinski definition) is 5. The average Bonchev–Trinajstić information content (AvgIpc) is 3.28. The summed E-state index contributed by atoms with van der Waals surface area (Å²) in [6.07, 6.45) is -1.29. The molecule has 0 bridgehead atoms. The van der Waals surface area contributed by atoms with Gasteiger partial charge in [0.1, 0.15) is 11.4 Å². The van der Waals surface area contributed by atoms with E-state index in [-0.39, 0.29) is 24.5 Å². The van der Waals surface area contributed by atoms with Crippen LogP contribution in [-0.4, -0.2) is 38.8 Å². The Hall–Kier alpha value is -4.02. The van der Waals surface area contributed by atoms with Gasteiger partial charge in [0.2, 0.25) is 0 Å². The van der Waals surface area contributed by atoms with Crippen molar-refractivity contribution in [2.45, 2.75) is 52.2 Å². The second-order valence-electron chi connectivity index (χ2n) is 9.66. The zero-order valence-electron chi connectivity index (χ0n) is 20.6. The number of nitrogens with one attached hydrogen (secondary N) is 1. The summed E-state index contributed by atoms with van der Waals surface area (Å²) in [4.78, 5) is 26.8. The highest BCUT2D eigenvalue weighted by molar-refractivity contribution is 6.04. The fourth-order valence-corrected chi connectivity index (χ4v) is 3.78. The lowest BCUT2D eigenvalue weighted by molar-refractivity contribution is -0.137. The number of ether oxygens (including phenoxy) is 2. The van der Waals surface area contributed by atoms with Crippen molar-refractivity contribution >= 4 is 17.7 Å². The van der Waals surface area contributed by atoms with Crippen LogP contribution in [0.2, 0.25) is 0 Å². The molecule has 1 aromatic heterocycles. The summed E-state index contributed by atoms with van der Waals surface area (Å²) in [7, 11) is 0. The highest BCUT2D eigenvalue weighted by Gasteiger charge is 2.30. The van der Waals surface area contributed by atoms with Crippen molar-refractivity contribution < 1.29 is 32.2 Å². The molecular weight excluding hydrogens is 489 g/mol. The molecule has 0 saturated heterocycles. The van der Waals surface area contributed by atoms with Crippen LogP contribution in [0, 0.1) is 0 Å². The number of carbonyl (C=O) groups excluding carboxylic acids is 2. The standard InChI is InChI=1S/C26H27F3N4O4/c1-25(2,3)37-24(35)32-10-9-17-11-18(7-8-19(17)14-32)23(34)31-21-13-30-33(15-21)16-36-22-6-4-5-20(12-22)26(27,28)29/h4-8,11-13,15H,9-10,14,16H2,1-3H3,(H,31,34). The first-order valence-electron chi connectivity index (χ1n) is 11.6. The second-order valence-corrected chi connectivity index (χ2v) is 9.66. The number of carbonyl (C=O) groups is 2. The number of halogens is 3. The number of amides is 2. The van der Waals surface area contributed by atoms with Gasteiger partial charge in [-0.2, -0.15) is 18.3 Å². The van der Waals surface area contributed by atoms with Crippen LogP contribution in [0.4, 0.5) is 23.7 Å². The predicted octanol–water partition coefficient (Wildman–Crippen LogP) is 5.48. The highest BCUT2D eigenvalue weighted by atomic mass is 19.4. The maximum absolute atomic E-state index is 12.9. The molecule has 4 rings (SSSR count). The van der Waals surface area contributed by atoms with E-state index in [0.29, 0.717) is 30.8 Å². The molecular formula is C26H27F3N4O4. The van der Waals surface area contributed by atoms with Crippen LogP contribution in [0.15, 0.2) is 54.9 Å². The van der Waals surface area contributed by atoms with Crippen molar-refractivity contribution in [3.05, 3.63) is 77.1 Å². The Bertz CT molecular complexity index is 1300. The van der Waals surface area contributed by atoms with E-state index >= 15 is 0 Å². The maximum atomic E-state index is 12.9. The van der Waals surface area contributed by atoms with Gasteiger partial charge in [-0.25, -0.2) is 9.48 Å². The molecule has 1 N–H and O–H groups in total. The number of rotatable bonds is 5. The van der Waals surface area contributed by atoms with Gasteiger partial charge in [0.05, 0.1) is 23.6 Å². The van der Waals surface area contributed by atoms with Crippen molar-refractivity contribution in [1.82, 2.24) is 14.7 Å². The first kappa shape index (κ1) is 26.1. The quantitative estimate of drug-likeness (QED) is 0.485. The highest BCUT2D eigenvalue weighted by Crippen LogP contribution is 2.31. The first-order chi connectivity index (χ1) is 17.4. The van der Waals surface area contributed by atoms with Crippen molar-refractivity contribution in [2.24, 2.45) is 0 Å². The molecule has 0 atom stereocenters. The minimum absolute atomic E-state index is 0.0511. The summed E-state index contributed by atoms with van der Waals surface area (Å²) < 4.78 is 50.8. The molecule has 0 fully saturated rings. The lowest BCUT2D eigenvalue weighted by Crippen LogP contribution is -2.39. The van der Waals surface area contributed by atoms with E-state index in [1.165, 1.54) is 29.2 Å². The van der Waals surface area contributed by atoms with Gasteiger partial charge in [-0.3, -0.25) is 4.79 Å². The summed E-state index contributed by atoms with van der Waals surface area (Å²) in [5, 5.41) is 6.83. The topological polar surface area (TPSA) is 85.7 Å². The summed E-state index contributed by atoms with van der Waals surface area (Å²) in [6, 6.07) is 9.88. The Labute approximate surface area is 212 Å². The van der Waals surface area contributed by atoms with E-state index in [0.717, 1.165) is 23.3 Å². The van der Waals surface area contributed by atoms with Gasteiger partial charge in [0.25, 0.3) is 5.91 Å². The lowest BCUT2D eigenvalue weighted by Gasteiger charge is -2.31. The van der Waals surface area contributed by atoms with Gasteiger partial charge in [0, 0.05) is 18.7 Å². The first-order valence-corrected chi connectivity index (χ1v) is 11.6. The van der Waals surface area contributed by atoms with Gasteiger partial charge in [0.15, 0.2) is 6.73 Å². The number of hydrogen-bond donors (Lipinski definition) is 1. The normalized spacial score (nSPS) is 13.6. The SMILES string of the molecule is CC(C)(C)OC(=O)N1CCc2cc(C(=O)Nc3cnn(COc4cccc(C(F)(F)F)c4)c3)ccc2C1. The molecule has 2 aromatic carbocycles. The summed E-state index contributed by atoms with van der Waals surface area (Å²) >= 11 is 0. The molecule has 3 aromatic rings. The number of alkyl halides is 3. The van der Waals surface area contributed by atoms with Gasteiger partial charge in [-0.1, -0.05) is 12.1 Å². The monoisotopic (exact) mass is 516 g/mol. The molecule has 1 aliphatic heterocycles. The summed E-state index contributed by atoms with van der Waals surface area (Å²) in [6.45, 7) is 6.23. The van der Waals surface area contributed by atoms with E-state index in [1.807, 2.05) is 26.8 Å². The van der Waals surface area contributed by atoms with Gasteiger partial charge < -0.3 is 19.7 Å². The third kappa shape index (κ3) is 6.81. The Morgan fingerprint density at radius 3 is 2.59 bits per heavy atom. The largest absolute Gasteiger partial charge is 0.471 e. The molecule has 2 amide bonds. The van der Waals surface area contributed by atoms with E-state index in [9.17, 15) is 22.8 Å². The number of aromatic nitrogens is 2. The molecule has 1 aliphatic rings. The van der Waals surface area contributed by atoms with Crippen molar-refractivity contribution in [2.75, 3.05) is 11.9 Å². The zero-order valence-corrected chi connectivity index (χ0v) is 20.6. The van der Waals surface area contributed by atoms with Crippen LogP contribution in [0.5, 0.6) is 5.75 Å². The van der Waals surface area contributed by atoms with Crippen LogP contribution in [0.1, 0.15) is 47.8 Å². The minimum atomic E-state index is -4.46. The number of nitrogens with zero attached hydrogens (tertiary/aromatic N) is 3. The molecule has 0 spiro atoms. The number of benzene rings is 2. The molecule has 37 heavy (non-hydrogen) atoms. The van der Waals surface area contributed by atoms with E-state index in [4.69, 9.17) is 9.47 Å². The number of fused-ring (bicyclic) bond motifs is 1. The second kappa shape index (κ2) is 10.2. The molecule has 0 aliphatic carbocycles.